The smallest absolute Gasteiger partial charge is 0.223 e. The molecule has 1 aromatic rings. The molecule has 2 atom stereocenters. The van der Waals surface area contributed by atoms with Gasteiger partial charge in [0.2, 0.25) is 6.04 Å². The second kappa shape index (κ2) is 5.73. The Labute approximate surface area is 112 Å². The van der Waals surface area contributed by atoms with Gasteiger partial charge in [0.25, 0.3) is 0 Å². The first-order valence-electron chi connectivity index (χ1n) is 6.17. The van der Waals surface area contributed by atoms with Crippen molar-refractivity contribution in [1.29, 1.82) is 0 Å². The first kappa shape index (κ1) is 13.4. The van der Waals surface area contributed by atoms with Gasteiger partial charge in [-0.3, -0.25) is 10.1 Å². The zero-order valence-corrected chi connectivity index (χ0v) is 11.0. The molecule has 0 bridgehead atoms. The van der Waals surface area contributed by atoms with E-state index < -0.39 is 6.04 Å². The molecule has 1 aromatic carbocycles. The van der Waals surface area contributed by atoms with Crippen molar-refractivity contribution in [2.24, 2.45) is 0 Å². The number of methoxy groups -OCH3 is 2. The van der Waals surface area contributed by atoms with E-state index in [1.165, 1.54) is 0 Å². The van der Waals surface area contributed by atoms with Crippen molar-refractivity contribution in [2.45, 2.75) is 24.8 Å². The maximum atomic E-state index is 11.1. The average molecular weight is 263 g/mol. The van der Waals surface area contributed by atoms with E-state index in [1.807, 2.05) is 24.3 Å². The van der Waals surface area contributed by atoms with Crippen molar-refractivity contribution in [3.8, 4) is 11.5 Å². The largest absolute Gasteiger partial charge is 0.493 e. The van der Waals surface area contributed by atoms with Crippen molar-refractivity contribution < 1.29 is 14.4 Å². The molecule has 19 heavy (non-hydrogen) atoms. The quantitative estimate of drug-likeness (QED) is 0.476. The van der Waals surface area contributed by atoms with E-state index in [0.717, 1.165) is 5.56 Å². The molecule has 0 N–H and O–H groups in total. The maximum Gasteiger partial charge on any atom is 0.223 e. The lowest BCUT2D eigenvalue weighted by molar-refractivity contribution is -0.526. The lowest BCUT2D eigenvalue weighted by atomic mass is 9.83. The molecule has 2 rings (SSSR count). The molecule has 5 heteroatoms. The van der Waals surface area contributed by atoms with Crippen LogP contribution in [0, 0.1) is 10.1 Å². The Bertz CT molecular complexity index is 498. The number of hydrogen-bond donors (Lipinski definition) is 0. The van der Waals surface area contributed by atoms with Crippen molar-refractivity contribution in [1.82, 2.24) is 0 Å². The minimum absolute atomic E-state index is 0.111. The number of benzene rings is 1. The molecule has 0 saturated carbocycles. The minimum Gasteiger partial charge on any atom is -0.493 e. The van der Waals surface area contributed by atoms with E-state index in [2.05, 4.69) is 0 Å². The van der Waals surface area contributed by atoms with Gasteiger partial charge >= 0.3 is 0 Å². The monoisotopic (exact) mass is 263 g/mol. The van der Waals surface area contributed by atoms with Crippen LogP contribution in [0.15, 0.2) is 30.4 Å². The van der Waals surface area contributed by atoms with E-state index in [-0.39, 0.29) is 10.8 Å². The van der Waals surface area contributed by atoms with Crippen LogP contribution in [-0.2, 0) is 0 Å². The van der Waals surface area contributed by atoms with Gasteiger partial charge < -0.3 is 9.47 Å². The first-order chi connectivity index (χ1) is 9.17. The third-order valence-corrected chi connectivity index (χ3v) is 3.51. The molecule has 0 saturated heterocycles. The van der Waals surface area contributed by atoms with Gasteiger partial charge in [-0.15, -0.1) is 0 Å². The topological polar surface area (TPSA) is 61.6 Å². The van der Waals surface area contributed by atoms with Crippen LogP contribution < -0.4 is 9.47 Å². The molecule has 1 aliphatic rings. The van der Waals surface area contributed by atoms with Gasteiger partial charge in [0.15, 0.2) is 11.5 Å². The first-order valence-corrected chi connectivity index (χ1v) is 6.17. The number of nitrogens with zero attached hydrogens (tertiary/aromatic N) is 1. The highest BCUT2D eigenvalue weighted by Crippen LogP contribution is 2.36. The highest BCUT2D eigenvalue weighted by molar-refractivity contribution is 5.44. The molecule has 2 unspecified atom stereocenters. The molecule has 0 fully saturated rings. The van der Waals surface area contributed by atoms with Gasteiger partial charge in [-0.25, -0.2) is 0 Å². The van der Waals surface area contributed by atoms with Gasteiger partial charge in [0.1, 0.15) is 0 Å². The Morgan fingerprint density at radius 2 is 1.84 bits per heavy atom. The number of ether oxygens (including phenoxy) is 2. The van der Waals surface area contributed by atoms with Crippen molar-refractivity contribution in [3.05, 3.63) is 46.0 Å². The molecule has 0 spiro atoms. The predicted molar refractivity (Wildman–Crippen MR) is 71.4 cm³/mol. The average Bonchev–Trinajstić information content (AvgIpc) is 2.46. The SMILES string of the molecule is COc1ccc(C2CC=CCC2[N+](=O)[O-])cc1OC. The lowest BCUT2D eigenvalue weighted by Gasteiger charge is -2.23. The maximum absolute atomic E-state index is 11.1. The van der Waals surface area contributed by atoms with Crippen LogP contribution in [0.2, 0.25) is 0 Å². The van der Waals surface area contributed by atoms with Crippen LogP contribution in [0.25, 0.3) is 0 Å². The van der Waals surface area contributed by atoms with Gasteiger partial charge in [0.05, 0.1) is 20.1 Å². The van der Waals surface area contributed by atoms with E-state index >= 15 is 0 Å². The Kier molecular flexibility index (Phi) is 4.04. The normalized spacial score (nSPS) is 22.0. The summed E-state index contributed by atoms with van der Waals surface area (Å²) in [6, 6.07) is 4.94. The van der Waals surface area contributed by atoms with Gasteiger partial charge in [-0.2, -0.15) is 0 Å². The van der Waals surface area contributed by atoms with E-state index in [9.17, 15) is 10.1 Å². The van der Waals surface area contributed by atoms with Gasteiger partial charge in [-0.1, -0.05) is 18.2 Å². The van der Waals surface area contributed by atoms with Crippen LogP contribution in [0.5, 0.6) is 11.5 Å². The van der Waals surface area contributed by atoms with Crippen LogP contribution in [0.3, 0.4) is 0 Å². The summed E-state index contributed by atoms with van der Waals surface area (Å²) in [6.45, 7) is 0. The fourth-order valence-corrected chi connectivity index (χ4v) is 2.47. The third kappa shape index (κ3) is 2.70. The predicted octanol–water partition coefficient (Wildman–Crippen LogP) is 2.78. The Hall–Kier alpha value is -2.04. The summed E-state index contributed by atoms with van der Waals surface area (Å²) in [6.07, 6.45) is 5.04. The summed E-state index contributed by atoms with van der Waals surface area (Å²) >= 11 is 0. The van der Waals surface area contributed by atoms with E-state index in [0.29, 0.717) is 24.3 Å². The molecule has 0 aliphatic heterocycles. The molecule has 0 amide bonds. The van der Waals surface area contributed by atoms with E-state index in [1.54, 1.807) is 20.3 Å². The summed E-state index contributed by atoms with van der Waals surface area (Å²) < 4.78 is 10.4. The van der Waals surface area contributed by atoms with Gasteiger partial charge in [0, 0.05) is 11.3 Å². The standard InChI is InChI=1S/C14H17NO4/c1-18-13-8-7-10(9-14(13)19-2)11-5-3-4-6-12(11)15(16)17/h3-4,7-9,11-12H,5-6H2,1-2H3. The summed E-state index contributed by atoms with van der Waals surface area (Å²) in [5, 5.41) is 11.1. The van der Waals surface area contributed by atoms with Crippen molar-refractivity contribution in [3.63, 3.8) is 0 Å². The highest BCUT2D eigenvalue weighted by atomic mass is 16.6. The molecular formula is C14H17NO4. The van der Waals surface area contributed by atoms with Crippen molar-refractivity contribution >= 4 is 0 Å². The molecular weight excluding hydrogens is 246 g/mol. The molecule has 102 valence electrons. The lowest BCUT2D eigenvalue weighted by Crippen LogP contribution is -2.28. The number of nitro groups is 1. The van der Waals surface area contributed by atoms with Crippen LogP contribution in [0.1, 0.15) is 24.3 Å². The highest BCUT2D eigenvalue weighted by Gasteiger charge is 2.33. The second-order valence-electron chi connectivity index (χ2n) is 4.52. The Balaban J connectivity index is 2.34. The molecule has 1 aliphatic carbocycles. The molecule has 0 heterocycles. The number of hydrogen-bond acceptors (Lipinski definition) is 4. The summed E-state index contributed by atoms with van der Waals surface area (Å²) in [7, 11) is 3.13. The number of rotatable bonds is 4. The molecule has 0 radical (unpaired) electrons. The van der Waals surface area contributed by atoms with Crippen LogP contribution in [0.4, 0.5) is 0 Å². The number of allylic oxidation sites excluding steroid dienone is 1. The fourth-order valence-electron chi connectivity index (χ4n) is 2.47. The zero-order valence-electron chi connectivity index (χ0n) is 11.0. The zero-order chi connectivity index (χ0) is 13.8. The summed E-state index contributed by atoms with van der Waals surface area (Å²) in [5.41, 5.74) is 0.920. The Morgan fingerprint density at radius 1 is 1.16 bits per heavy atom. The third-order valence-electron chi connectivity index (χ3n) is 3.51. The molecule has 5 nitrogen and oxygen atoms in total. The van der Waals surface area contributed by atoms with Crippen LogP contribution in [-0.4, -0.2) is 25.2 Å². The van der Waals surface area contributed by atoms with Crippen molar-refractivity contribution in [2.75, 3.05) is 14.2 Å². The fraction of sp³-hybridized carbons (Fsp3) is 0.429. The van der Waals surface area contributed by atoms with Gasteiger partial charge in [-0.05, 0) is 24.1 Å². The summed E-state index contributed by atoms with van der Waals surface area (Å²) in [4.78, 5) is 10.9. The minimum atomic E-state index is -0.567. The Morgan fingerprint density at radius 3 is 2.47 bits per heavy atom. The molecule has 0 aromatic heterocycles. The van der Waals surface area contributed by atoms with E-state index in [4.69, 9.17) is 9.47 Å². The summed E-state index contributed by atoms with van der Waals surface area (Å²) in [5.74, 6) is 1.13. The second-order valence-corrected chi connectivity index (χ2v) is 4.52. The van der Waals surface area contributed by atoms with Crippen LogP contribution >= 0.6 is 0 Å².